The van der Waals surface area contributed by atoms with E-state index in [1.807, 2.05) is 0 Å². The fraction of sp³-hybridized carbons (Fsp3) is 0. The van der Waals surface area contributed by atoms with E-state index in [-0.39, 0.29) is 0 Å². The summed E-state index contributed by atoms with van der Waals surface area (Å²) in [5.41, 5.74) is 13.6. The lowest BCUT2D eigenvalue weighted by Crippen LogP contribution is -2.11. The molecule has 0 fully saturated rings. The Morgan fingerprint density at radius 1 is 0.293 bits per heavy atom. The molecule has 0 amide bonds. The second-order valence-electron chi connectivity index (χ2n) is 10.6. The molecule has 192 valence electrons. The van der Waals surface area contributed by atoms with Crippen LogP contribution in [0.5, 0.6) is 0 Å². The van der Waals surface area contributed by atoms with E-state index in [0.717, 1.165) is 17.1 Å². The maximum atomic E-state index is 2.39. The van der Waals surface area contributed by atoms with Gasteiger partial charge in [0.15, 0.2) is 0 Å². The monoisotopic (exact) mass is 521 g/mol. The zero-order valence-corrected chi connectivity index (χ0v) is 22.5. The number of anilines is 3. The van der Waals surface area contributed by atoms with Gasteiger partial charge < -0.3 is 4.90 Å². The van der Waals surface area contributed by atoms with Crippen molar-refractivity contribution >= 4 is 27.8 Å². The Morgan fingerprint density at radius 3 is 1.49 bits per heavy atom. The second-order valence-corrected chi connectivity index (χ2v) is 10.6. The van der Waals surface area contributed by atoms with E-state index >= 15 is 0 Å². The van der Waals surface area contributed by atoms with Crippen LogP contribution in [-0.2, 0) is 0 Å². The Morgan fingerprint density at radius 2 is 0.805 bits per heavy atom. The standard InChI is InChI=1S/C40H27N/c1-3-11-28(12-4-1)29-19-22-33(23-20-29)41(40-18-10-9-15-35(40)30-13-5-2-6-14-30)34-24-21-31-26-38-36-16-7-8-17-37(36)39(38)27-32(31)25-34/h1-27H. The highest BCUT2D eigenvalue weighted by atomic mass is 15.1. The lowest BCUT2D eigenvalue weighted by Gasteiger charge is -2.29. The van der Waals surface area contributed by atoms with Crippen molar-refractivity contribution in [2.24, 2.45) is 0 Å². The van der Waals surface area contributed by atoms with Crippen LogP contribution in [0, 0.1) is 0 Å². The van der Waals surface area contributed by atoms with Gasteiger partial charge in [0.1, 0.15) is 0 Å². The van der Waals surface area contributed by atoms with E-state index in [0.29, 0.717) is 0 Å². The lowest BCUT2D eigenvalue weighted by molar-refractivity contribution is 1.29. The maximum absolute atomic E-state index is 2.39. The van der Waals surface area contributed by atoms with E-state index in [4.69, 9.17) is 0 Å². The van der Waals surface area contributed by atoms with Crippen molar-refractivity contribution in [1.29, 1.82) is 0 Å². The van der Waals surface area contributed by atoms with Crippen LogP contribution >= 0.6 is 0 Å². The molecule has 0 saturated carbocycles. The van der Waals surface area contributed by atoms with E-state index < -0.39 is 0 Å². The lowest BCUT2D eigenvalue weighted by atomic mass is 9.79. The van der Waals surface area contributed by atoms with Crippen molar-refractivity contribution in [1.82, 2.24) is 0 Å². The molecular weight excluding hydrogens is 494 g/mol. The summed E-state index contributed by atoms with van der Waals surface area (Å²) in [5.74, 6) is 0. The van der Waals surface area contributed by atoms with Crippen LogP contribution in [-0.4, -0.2) is 0 Å². The van der Waals surface area contributed by atoms with E-state index in [2.05, 4.69) is 169 Å². The molecule has 8 rings (SSSR count). The Hall–Kier alpha value is -5.40. The molecule has 1 aliphatic carbocycles. The van der Waals surface area contributed by atoms with Crippen molar-refractivity contribution in [3.63, 3.8) is 0 Å². The van der Waals surface area contributed by atoms with Gasteiger partial charge in [-0.3, -0.25) is 0 Å². The predicted molar refractivity (Wildman–Crippen MR) is 174 cm³/mol. The molecule has 1 aliphatic rings. The summed E-state index contributed by atoms with van der Waals surface area (Å²) in [5, 5.41) is 2.51. The summed E-state index contributed by atoms with van der Waals surface area (Å²) in [6.07, 6.45) is 0. The van der Waals surface area contributed by atoms with Crippen LogP contribution in [0.15, 0.2) is 164 Å². The quantitative estimate of drug-likeness (QED) is 0.218. The van der Waals surface area contributed by atoms with Crippen LogP contribution < -0.4 is 4.90 Å². The molecule has 41 heavy (non-hydrogen) atoms. The van der Waals surface area contributed by atoms with Crippen molar-refractivity contribution in [3.8, 4) is 44.5 Å². The number of hydrogen-bond donors (Lipinski definition) is 0. The summed E-state index contributed by atoms with van der Waals surface area (Å²) in [6, 6.07) is 59.1. The first-order valence-electron chi connectivity index (χ1n) is 14.1. The highest BCUT2D eigenvalue weighted by molar-refractivity contribution is 6.08. The largest absolute Gasteiger partial charge is 0.310 e. The minimum Gasteiger partial charge on any atom is -0.310 e. The van der Waals surface area contributed by atoms with Crippen LogP contribution in [0.4, 0.5) is 17.1 Å². The van der Waals surface area contributed by atoms with Crippen LogP contribution in [0.3, 0.4) is 0 Å². The Bertz CT molecular complexity index is 2020. The molecule has 0 spiro atoms. The van der Waals surface area contributed by atoms with Gasteiger partial charge >= 0.3 is 0 Å². The van der Waals surface area contributed by atoms with Gasteiger partial charge in [0, 0.05) is 16.9 Å². The summed E-state index contributed by atoms with van der Waals surface area (Å²) in [4.78, 5) is 2.39. The van der Waals surface area contributed by atoms with Gasteiger partial charge in [-0.25, -0.2) is 0 Å². The topological polar surface area (TPSA) is 3.24 Å². The number of benzene rings is 7. The Labute approximate surface area is 240 Å². The van der Waals surface area contributed by atoms with E-state index in [1.54, 1.807) is 0 Å². The summed E-state index contributed by atoms with van der Waals surface area (Å²) in [6.45, 7) is 0. The molecule has 7 aromatic carbocycles. The first-order chi connectivity index (χ1) is 20.3. The predicted octanol–water partition coefficient (Wildman–Crippen LogP) is 11.3. The molecule has 0 aromatic heterocycles. The van der Waals surface area contributed by atoms with Crippen molar-refractivity contribution < 1.29 is 0 Å². The Kier molecular flexibility index (Phi) is 5.53. The van der Waals surface area contributed by atoms with E-state index in [1.165, 1.54) is 55.3 Å². The highest BCUT2D eigenvalue weighted by Crippen LogP contribution is 2.49. The molecule has 1 heteroatoms. The SMILES string of the molecule is c1ccc(-c2ccc(N(c3ccc4cc5c(cc4c3)-c3ccccc3-5)c3ccccc3-c3ccccc3)cc2)cc1. The molecule has 0 radical (unpaired) electrons. The molecule has 0 atom stereocenters. The third-order valence-corrected chi connectivity index (χ3v) is 8.19. The number of para-hydroxylation sites is 1. The third kappa shape index (κ3) is 4.02. The fourth-order valence-electron chi connectivity index (χ4n) is 6.15. The zero-order chi connectivity index (χ0) is 27.2. The summed E-state index contributed by atoms with van der Waals surface area (Å²) in [7, 11) is 0. The van der Waals surface area contributed by atoms with Gasteiger partial charge in [0.25, 0.3) is 0 Å². The fourth-order valence-corrected chi connectivity index (χ4v) is 6.15. The number of hydrogen-bond acceptors (Lipinski definition) is 1. The average Bonchev–Trinajstić information content (AvgIpc) is 3.05. The smallest absolute Gasteiger partial charge is 0.0540 e. The van der Waals surface area contributed by atoms with Gasteiger partial charge in [-0.2, -0.15) is 0 Å². The molecule has 0 unspecified atom stereocenters. The molecule has 0 N–H and O–H groups in total. The normalized spacial score (nSPS) is 11.4. The van der Waals surface area contributed by atoms with Gasteiger partial charge in [0.05, 0.1) is 5.69 Å². The third-order valence-electron chi connectivity index (χ3n) is 8.19. The van der Waals surface area contributed by atoms with Crippen LogP contribution in [0.25, 0.3) is 55.3 Å². The molecule has 0 bridgehead atoms. The molecular formula is C40H27N. The highest BCUT2D eigenvalue weighted by Gasteiger charge is 2.23. The number of fused-ring (bicyclic) bond motifs is 5. The van der Waals surface area contributed by atoms with E-state index in [9.17, 15) is 0 Å². The Balaban J connectivity index is 1.29. The maximum Gasteiger partial charge on any atom is 0.0540 e. The first kappa shape index (κ1) is 23.5. The molecule has 7 aromatic rings. The van der Waals surface area contributed by atoms with Crippen molar-refractivity contribution in [2.75, 3.05) is 4.90 Å². The number of nitrogens with zero attached hydrogens (tertiary/aromatic N) is 1. The van der Waals surface area contributed by atoms with Crippen molar-refractivity contribution in [3.05, 3.63) is 164 Å². The van der Waals surface area contributed by atoms with Gasteiger partial charge in [-0.15, -0.1) is 0 Å². The van der Waals surface area contributed by atoms with Crippen molar-refractivity contribution in [2.45, 2.75) is 0 Å². The number of rotatable bonds is 5. The van der Waals surface area contributed by atoms with Gasteiger partial charge in [-0.1, -0.05) is 121 Å². The molecule has 1 nitrogen and oxygen atoms in total. The van der Waals surface area contributed by atoms with Gasteiger partial charge in [-0.05, 0) is 92.2 Å². The molecule has 0 heterocycles. The molecule has 0 aliphatic heterocycles. The van der Waals surface area contributed by atoms with Crippen LogP contribution in [0.1, 0.15) is 0 Å². The molecule has 0 saturated heterocycles. The summed E-state index contributed by atoms with van der Waals surface area (Å²) < 4.78 is 0. The van der Waals surface area contributed by atoms with Gasteiger partial charge in [0.2, 0.25) is 0 Å². The first-order valence-corrected chi connectivity index (χ1v) is 14.1. The second kappa shape index (κ2) is 9.66. The minimum atomic E-state index is 1.13. The minimum absolute atomic E-state index is 1.13. The summed E-state index contributed by atoms with van der Waals surface area (Å²) >= 11 is 0. The zero-order valence-electron chi connectivity index (χ0n) is 22.5. The van der Waals surface area contributed by atoms with Crippen LogP contribution in [0.2, 0.25) is 0 Å². The average molecular weight is 522 g/mol.